The monoisotopic (exact) mass is 169 g/mol. The van der Waals surface area contributed by atoms with E-state index in [0.717, 1.165) is 32.1 Å². The quantitative estimate of drug-likeness (QED) is 0.508. The highest BCUT2D eigenvalue weighted by Gasteiger charge is 1.98. The van der Waals surface area contributed by atoms with Gasteiger partial charge in [-0.3, -0.25) is 4.79 Å². The number of carbonyl (C=O) groups is 1. The first-order valence-corrected chi connectivity index (χ1v) is 5.12. The largest absolute Gasteiger partial charge is 0.300 e. The Bertz CT molecular complexity index is 108. The third-order valence-electron chi connectivity index (χ3n) is 1.98. The van der Waals surface area contributed by atoms with Crippen molar-refractivity contribution in [3.8, 4) is 0 Å². The fourth-order valence-electron chi connectivity index (χ4n) is 1.26. The Kier molecular flexibility index (Phi) is 8.52. The minimum atomic E-state index is 0.437. The van der Waals surface area contributed by atoms with E-state index in [2.05, 4.69) is 13.8 Å². The molecule has 1 radical (unpaired) electrons. The van der Waals surface area contributed by atoms with Gasteiger partial charge in [-0.1, -0.05) is 39.5 Å². The van der Waals surface area contributed by atoms with Crippen LogP contribution in [-0.4, -0.2) is 5.78 Å². The topological polar surface area (TPSA) is 17.1 Å². The molecule has 0 aromatic carbocycles. The number of rotatable bonds is 8. The molecule has 0 spiro atoms. The average molecular weight is 169 g/mol. The van der Waals surface area contributed by atoms with Gasteiger partial charge in [0.05, 0.1) is 0 Å². The van der Waals surface area contributed by atoms with Gasteiger partial charge in [0.25, 0.3) is 0 Å². The van der Waals surface area contributed by atoms with E-state index in [1.54, 1.807) is 0 Å². The molecule has 0 aliphatic heterocycles. The summed E-state index contributed by atoms with van der Waals surface area (Å²) >= 11 is 0. The van der Waals surface area contributed by atoms with E-state index < -0.39 is 0 Å². The summed E-state index contributed by atoms with van der Waals surface area (Å²) in [4.78, 5) is 11.1. The third kappa shape index (κ3) is 7.77. The predicted octanol–water partition coefficient (Wildman–Crippen LogP) is 3.53. The van der Waals surface area contributed by atoms with Crippen molar-refractivity contribution in [2.24, 2.45) is 0 Å². The molecule has 0 heterocycles. The van der Waals surface area contributed by atoms with Crippen LogP contribution in [0, 0.1) is 6.92 Å². The van der Waals surface area contributed by atoms with E-state index in [1.807, 2.05) is 0 Å². The molecule has 71 valence electrons. The maximum atomic E-state index is 11.1. The van der Waals surface area contributed by atoms with E-state index in [1.165, 1.54) is 19.3 Å². The highest BCUT2D eigenvalue weighted by atomic mass is 16.1. The van der Waals surface area contributed by atoms with E-state index in [0.29, 0.717) is 5.78 Å². The molecule has 0 N–H and O–H groups in total. The van der Waals surface area contributed by atoms with E-state index in [9.17, 15) is 4.79 Å². The van der Waals surface area contributed by atoms with Crippen molar-refractivity contribution in [3.05, 3.63) is 6.92 Å². The van der Waals surface area contributed by atoms with Gasteiger partial charge >= 0.3 is 0 Å². The van der Waals surface area contributed by atoms with Gasteiger partial charge < -0.3 is 0 Å². The zero-order chi connectivity index (χ0) is 9.23. The van der Waals surface area contributed by atoms with Crippen LogP contribution in [0.25, 0.3) is 0 Å². The van der Waals surface area contributed by atoms with Gasteiger partial charge in [-0.15, -0.1) is 0 Å². The van der Waals surface area contributed by atoms with Crippen molar-refractivity contribution >= 4 is 5.78 Å². The van der Waals surface area contributed by atoms with Crippen molar-refractivity contribution in [3.63, 3.8) is 0 Å². The molecule has 1 nitrogen and oxygen atoms in total. The second-order valence-corrected chi connectivity index (χ2v) is 3.31. The highest BCUT2D eigenvalue weighted by molar-refractivity contribution is 5.78. The van der Waals surface area contributed by atoms with Crippen LogP contribution >= 0.6 is 0 Å². The summed E-state index contributed by atoms with van der Waals surface area (Å²) in [6, 6.07) is 0. The van der Waals surface area contributed by atoms with Gasteiger partial charge in [0.2, 0.25) is 0 Å². The molecule has 0 fully saturated rings. The number of hydrogen-bond acceptors (Lipinski definition) is 1. The molecule has 0 atom stereocenters. The van der Waals surface area contributed by atoms with E-state index in [-0.39, 0.29) is 0 Å². The minimum absolute atomic E-state index is 0.437. The van der Waals surface area contributed by atoms with E-state index >= 15 is 0 Å². The summed E-state index contributed by atoms with van der Waals surface area (Å²) < 4.78 is 0. The molecule has 0 amide bonds. The lowest BCUT2D eigenvalue weighted by atomic mass is 10.1. The van der Waals surface area contributed by atoms with Crippen LogP contribution in [0.5, 0.6) is 0 Å². The van der Waals surface area contributed by atoms with Crippen LogP contribution in [0.3, 0.4) is 0 Å². The predicted molar refractivity (Wildman–Crippen MR) is 53.0 cm³/mol. The van der Waals surface area contributed by atoms with Crippen LogP contribution in [0.15, 0.2) is 0 Å². The molecule has 0 rings (SSSR count). The second kappa shape index (κ2) is 8.76. The van der Waals surface area contributed by atoms with Crippen molar-refractivity contribution in [1.29, 1.82) is 0 Å². The van der Waals surface area contributed by atoms with Crippen LogP contribution in [0.2, 0.25) is 0 Å². The Hall–Kier alpha value is -0.330. The van der Waals surface area contributed by atoms with Gasteiger partial charge in [-0.25, -0.2) is 0 Å². The molecule has 0 saturated carbocycles. The first-order valence-electron chi connectivity index (χ1n) is 5.12. The molecule has 0 saturated heterocycles. The Morgan fingerprint density at radius 3 is 2.33 bits per heavy atom. The lowest BCUT2D eigenvalue weighted by Gasteiger charge is -1.98. The summed E-state index contributed by atoms with van der Waals surface area (Å²) in [5.74, 6) is 0.437. The SMILES string of the molecule is [CH2]CCCCCCC(=O)CCC. The molecule has 0 aromatic heterocycles. The smallest absolute Gasteiger partial charge is 0.132 e. The van der Waals surface area contributed by atoms with Crippen molar-refractivity contribution in [2.75, 3.05) is 0 Å². The summed E-state index contributed by atoms with van der Waals surface area (Å²) in [6.45, 7) is 5.84. The van der Waals surface area contributed by atoms with Gasteiger partial charge in [0.1, 0.15) is 5.78 Å². The van der Waals surface area contributed by atoms with Gasteiger partial charge in [0, 0.05) is 12.8 Å². The normalized spacial score (nSPS) is 10.2. The molecule has 0 aliphatic rings. The van der Waals surface area contributed by atoms with Gasteiger partial charge in [0.15, 0.2) is 0 Å². The van der Waals surface area contributed by atoms with Gasteiger partial charge in [-0.05, 0) is 12.8 Å². The highest BCUT2D eigenvalue weighted by Crippen LogP contribution is 2.06. The average Bonchev–Trinajstić information content (AvgIpc) is 2.05. The van der Waals surface area contributed by atoms with Crippen LogP contribution in [-0.2, 0) is 4.79 Å². The maximum absolute atomic E-state index is 11.1. The first kappa shape index (κ1) is 11.7. The number of Topliss-reactive ketones (excluding diaryl/α,β-unsaturated/α-hetero) is 1. The Morgan fingerprint density at radius 1 is 1.08 bits per heavy atom. The van der Waals surface area contributed by atoms with Gasteiger partial charge in [-0.2, -0.15) is 0 Å². The number of ketones is 1. The standard InChI is InChI=1S/C11H21O/c1-3-5-6-7-8-10-11(12)9-4-2/h1,3-10H2,2H3. The zero-order valence-corrected chi connectivity index (χ0v) is 8.27. The van der Waals surface area contributed by atoms with Crippen LogP contribution in [0.4, 0.5) is 0 Å². The number of hydrogen-bond donors (Lipinski definition) is 0. The summed E-state index contributed by atoms with van der Waals surface area (Å²) in [6.07, 6.45) is 8.33. The summed E-state index contributed by atoms with van der Waals surface area (Å²) in [5, 5.41) is 0. The molecule has 0 aromatic rings. The van der Waals surface area contributed by atoms with Crippen LogP contribution in [0.1, 0.15) is 58.3 Å². The number of unbranched alkanes of at least 4 members (excludes halogenated alkanes) is 4. The molecule has 0 unspecified atom stereocenters. The Morgan fingerprint density at radius 2 is 1.75 bits per heavy atom. The zero-order valence-electron chi connectivity index (χ0n) is 8.27. The first-order chi connectivity index (χ1) is 5.81. The Labute approximate surface area is 76.6 Å². The van der Waals surface area contributed by atoms with Crippen LogP contribution < -0.4 is 0 Å². The maximum Gasteiger partial charge on any atom is 0.132 e. The molecular weight excluding hydrogens is 148 g/mol. The van der Waals surface area contributed by atoms with E-state index in [4.69, 9.17) is 0 Å². The molecular formula is C11H21O. The van der Waals surface area contributed by atoms with Crippen molar-refractivity contribution in [1.82, 2.24) is 0 Å². The Balaban J connectivity index is 3.03. The fraction of sp³-hybridized carbons (Fsp3) is 0.818. The third-order valence-corrected chi connectivity index (χ3v) is 1.98. The lowest BCUT2D eigenvalue weighted by molar-refractivity contribution is -0.119. The molecule has 12 heavy (non-hydrogen) atoms. The fourth-order valence-corrected chi connectivity index (χ4v) is 1.26. The number of carbonyl (C=O) groups excluding carboxylic acids is 1. The summed E-state index contributed by atoms with van der Waals surface area (Å²) in [5.41, 5.74) is 0. The van der Waals surface area contributed by atoms with Crippen molar-refractivity contribution in [2.45, 2.75) is 58.3 Å². The van der Waals surface area contributed by atoms with Crippen molar-refractivity contribution < 1.29 is 4.79 Å². The molecule has 0 aliphatic carbocycles. The minimum Gasteiger partial charge on any atom is -0.300 e. The molecule has 0 bridgehead atoms. The lowest BCUT2D eigenvalue weighted by Crippen LogP contribution is -1.95. The second-order valence-electron chi connectivity index (χ2n) is 3.31. The molecule has 1 heteroatoms. The summed E-state index contributed by atoms with van der Waals surface area (Å²) in [7, 11) is 0.